The Labute approximate surface area is 193 Å². The summed E-state index contributed by atoms with van der Waals surface area (Å²) in [4.78, 5) is 0. The third-order valence-corrected chi connectivity index (χ3v) is 6.10. The number of hydrogen-bond acceptors (Lipinski definition) is 2. The monoisotopic (exact) mass is 427 g/mol. The molecule has 0 aliphatic carbocycles. The summed E-state index contributed by atoms with van der Waals surface area (Å²) in [6, 6.07) is 48.5. The van der Waals surface area contributed by atoms with Gasteiger partial charge in [-0.3, -0.25) is 0 Å². The molecule has 0 fully saturated rings. The second-order valence-corrected chi connectivity index (χ2v) is 7.99. The lowest BCUT2D eigenvalue weighted by Crippen LogP contribution is -2.53. The van der Waals surface area contributed by atoms with Gasteiger partial charge in [-0.05, 0) is 24.3 Å². The van der Waals surface area contributed by atoms with Crippen molar-refractivity contribution in [3.05, 3.63) is 140 Å². The molecule has 0 saturated carbocycles. The summed E-state index contributed by atoms with van der Waals surface area (Å²) in [5, 5.41) is 2.38. The number of hydrogen-bond donors (Lipinski definition) is 0. The van der Waals surface area contributed by atoms with Crippen LogP contribution in [-0.2, 0) is 0 Å². The lowest BCUT2D eigenvalue weighted by Gasteiger charge is -2.47. The van der Waals surface area contributed by atoms with E-state index in [1.54, 1.807) is 0 Å². The Hall–Kier alpha value is -4.34. The van der Waals surface area contributed by atoms with Gasteiger partial charge in [0.2, 0.25) is 0 Å². The zero-order valence-corrected chi connectivity index (χ0v) is 18.1. The third-order valence-electron chi connectivity index (χ3n) is 6.10. The number of rotatable bonds is 4. The van der Waals surface area contributed by atoms with Gasteiger partial charge in [-0.1, -0.05) is 78.9 Å². The maximum atomic E-state index is 6.36. The molecule has 5 aromatic carbocycles. The summed E-state index contributed by atoms with van der Waals surface area (Å²) in [6.45, 7) is 0. The first kappa shape index (κ1) is 19.4. The fourth-order valence-electron chi connectivity index (χ4n) is 4.73. The molecule has 158 valence electrons. The molecule has 0 radical (unpaired) electrons. The number of fused-ring (bicyclic) bond motifs is 2. The van der Waals surface area contributed by atoms with Crippen LogP contribution in [0.15, 0.2) is 140 Å². The van der Waals surface area contributed by atoms with Crippen molar-refractivity contribution in [2.24, 2.45) is 0 Å². The highest BCUT2D eigenvalue weighted by molar-refractivity contribution is 5.86. The Morgan fingerprint density at radius 3 is 1.12 bits per heavy atom. The second-order valence-electron chi connectivity index (χ2n) is 7.99. The normalized spacial score (nSPS) is 12.4. The van der Waals surface area contributed by atoms with E-state index in [0.717, 1.165) is 39.9 Å². The molecule has 3 heteroatoms. The Morgan fingerprint density at radius 1 is 0.394 bits per heavy atom. The van der Waals surface area contributed by atoms with Crippen LogP contribution in [0.2, 0.25) is 0 Å². The van der Waals surface area contributed by atoms with Gasteiger partial charge in [-0.2, -0.15) is 5.01 Å². The molecule has 6 rings (SSSR count). The second kappa shape index (κ2) is 7.97. The van der Waals surface area contributed by atoms with Crippen LogP contribution in [0.25, 0.3) is 0 Å². The Bertz CT molecular complexity index is 1240. The lowest BCUT2D eigenvalue weighted by molar-refractivity contribution is 0.439. The number of para-hydroxylation sites is 7. The van der Waals surface area contributed by atoms with Crippen molar-refractivity contribution < 1.29 is 4.74 Å². The minimum atomic E-state index is 0.361. The average Bonchev–Trinajstić information content (AvgIpc) is 2.90. The van der Waals surface area contributed by atoms with Gasteiger partial charge in [0.15, 0.2) is 28.6 Å². The summed E-state index contributed by atoms with van der Waals surface area (Å²) in [6.07, 6.45) is 0. The molecule has 1 aliphatic rings. The predicted molar refractivity (Wildman–Crippen MR) is 136 cm³/mol. The van der Waals surface area contributed by atoms with Crippen molar-refractivity contribution in [2.45, 2.75) is 0 Å². The van der Waals surface area contributed by atoms with E-state index in [2.05, 4.69) is 120 Å². The number of benzene rings is 5. The fourth-order valence-corrected chi connectivity index (χ4v) is 4.73. The van der Waals surface area contributed by atoms with Gasteiger partial charge in [0.05, 0.1) is 0 Å². The minimum absolute atomic E-state index is 0.361. The molecule has 1 aliphatic heterocycles. The van der Waals surface area contributed by atoms with Gasteiger partial charge in [-0.15, -0.1) is 4.59 Å². The van der Waals surface area contributed by atoms with E-state index in [-0.39, 0.29) is 0 Å². The van der Waals surface area contributed by atoms with Crippen molar-refractivity contribution in [1.29, 1.82) is 0 Å². The molecule has 0 unspecified atom stereocenters. The van der Waals surface area contributed by atoms with Crippen LogP contribution in [-0.4, -0.2) is 0 Å². The van der Waals surface area contributed by atoms with Crippen LogP contribution in [0.3, 0.4) is 0 Å². The molecular formula is C30H23N2O+. The molecule has 5 aromatic rings. The number of nitrogens with zero attached hydrogens (tertiary/aromatic N) is 2. The summed E-state index contributed by atoms with van der Waals surface area (Å²) in [5.74, 6) is 1.67. The topological polar surface area (TPSA) is 12.5 Å². The Balaban J connectivity index is 1.79. The van der Waals surface area contributed by atoms with Crippen molar-refractivity contribution in [2.75, 3.05) is 5.01 Å². The molecular weight excluding hydrogens is 404 g/mol. The Morgan fingerprint density at radius 2 is 0.727 bits per heavy atom. The highest BCUT2D eigenvalue weighted by atomic mass is 16.5. The van der Waals surface area contributed by atoms with E-state index in [4.69, 9.17) is 4.74 Å². The summed E-state index contributed by atoms with van der Waals surface area (Å²) in [5.41, 5.74) is 5.39. The number of anilines is 2. The number of ether oxygens (including phenoxy) is 1. The molecule has 0 saturated heterocycles. The van der Waals surface area contributed by atoms with Gasteiger partial charge in [-0.25, -0.2) is 0 Å². The van der Waals surface area contributed by atoms with E-state index >= 15 is 0 Å². The molecule has 0 bridgehead atoms. The molecule has 0 spiro atoms. The molecule has 3 nitrogen and oxygen atoms in total. The van der Waals surface area contributed by atoms with Crippen molar-refractivity contribution in [3.63, 3.8) is 0 Å². The van der Waals surface area contributed by atoms with Crippen LogP contribution in [0.5, 0.6) is 11.5 Å². The minimum Gasteiger partial charge on any atom is -0.453 e. The smallest absolute Gasteiger partial charge is 0.168 e. The van der Waals surface area contributed by atoms with Crippen molar-refractivity contribution in [1.82, 2.24) is 4.59 Å². The highest BCUT2D eigenvalue weighted by Gasteiger charge is 2.47. The summed E-state index contributed by atoms with van der Waals surface area (Å²) < 4.78 is 6.72. The van der Waals surface area contributed by atoms with Crippen LogP contribution in [0.1, 0.15) is 0 Å². The van der Waals surface area contributed by atoms with E-state index in [1.165, 1.54) is 0 Å². The van der Waals surface area contributed by atoms with Gasteiger partial charge in [0, 0.05) is 36.4 Å². The Kier molecular flexibility index (Phi) is 4.68. The zero-order chi connectivity index (χ0) is 22.1. The molecule has 1 heterocycles. The molecule has 0 N–H and O–H groups in total. The molecule has 0 atom stereocenters. The van der Waals surface area contributed by atoms with E-state index in [9.17, 15) is 0 Å². The maximum absolute atomic E-state index is 6.36. The van der Waals surface area contributed by atoms with E-state index in [1.807, 2.05) is 24.3 Å². The van der Waals surface area contributed by atoms with Crippen LogP contribution in [0.4, 0.5) is 28.4 Å². The van der Waals surface area contributed by atoms with E-state index < -0.39 is 0 Å². The van der Waals surface area contributed by atoms with Gasteiger partial charge >= 0.3 is 0 Å². The standard InChI is InChI=1S/C30H23N2O/c1-4-14-24(15-5-1)32(25-16-6-2-7-17-25,26-18-8-3-9-19-26)31-27-20-10-12-22-29(27)33-30-23-13-11-21-28(30)31/h1-23H/q+1. The average molecular weight is 428 g/mol. The largest absolute Gasteiger partial charge is 0.453 e. The fraction of sp³-hybridized carbons (Fsp3) is 0. The van der Waals surface area contributed by atoms with Crippen LogP contribution in [0, 0.1) is 0 Å². The first-order valence-corrected chi connectivity index (χ1v) is 11.1. The SMILES string of the molecule is c1ccc([N+](c2ccccc2)(c2ccccc2)N2c3ccccc3Oc3ccccc32)cc1. The van der Waals surface area contributed by atoms with Crippen molar-refractivity contribution in [3.8, 4) is 11.5 Å². The zero-order valence-electron chi connectivity index (χ0n) is 18.1. The van der Waals surface area contributed by atoms with Gasteiger partial charge < -0.3 is 4.74 Å². The third kappa shape index (κ3) is 3.02. The number of quaternary nitrogens is 1. The predicted octanol–water partition coefficient (Wildman–Crippen LogP) is 8.52. The van der Waals surface area contributed by atoms with E-state index in [0.29, 0.717) is 4.59 Å². The lowest BCUT2D eigenvalue weighted by atomic mass is 10.1. The van der Waals surface area contributed by atoms with Gasteiger partial charge in [0.1, 0.15) is 11.4 Å². The molecule has 33 heavy (non-hydrogen) atoms. The summed E-state index contributed by atoms with van der Waals surface area (Å²) in [7, 11) is 0. The maximum Gasteiger partial charge on any atom is 0.168 e. The highest BCUT2D eigenvalue weighted by Crippen LogP contribution is 2.56. The van der Waals surface area contributed by atoms with Crippen LogP contribution < -0.4 is 14.3 Å². The van der Waals surface area contributed by atoms with Gasteiger partial charge in [0.25, 0.3) is 0 Å². The summed E-state index contributed by atoms with van der Waals surface area (Å²) >= 11 is 0. The quantitative estimate of drug-likeness (QED) is 0.267. The molecule has 0 aromatic heterocycles. The first-order chi connectivity index (χ1) is 16.4. The van der Waals surface area contributed by atoms with Crippen LogP contribution >= 0.6 is 0 Å². The first-order valence-electron chi connectivity index (χ1n) is 11.1. The van der Waals surface area contributed by atoms with Crippen molar-refractivity contribution >= 4 is 28.4 Å². The molecule has 0 amide bonds.